The fourth-order valence-corrected chi connectivity index (χ4v) is 2.65. The summed E-state index contributed by atoms with van der Waals surface area (Å²) < 4.78 is 16.3. The molecule has 0 spiro atoms. The highest BCUT2D eigenvalue weighted by molar-refractivity contribution is 6.06. The standard InChI is InChI=1S/C19H20N2O5/c1-13(2)26-16-5-3-4-14(10-16)20-19(23)21(12-22)15-6-7-17-18(11-15)25-9-8-24-17/h3-9,11-13,16H,10H2,1-2H3,(H,20,23). The Balaban J connectivity index is 1.69. The Morgan fingerprint density at radius 1 is 1.31 bits per heavy atom. The molecule has 3 rings (SSSR count). The van der Waals surface area contributed by atoms with Gasteiger partial charge in [0.15, 0.2) is 11.5 Å². The molecule has 0 radical (unpaired) electrons. The van der Waals surface area contributed by atoms with Crippen LogP contribution in [-0.2, 0) is 9.53 Å². The number of carbonyl (C=O) groups excluding carboxylic acids is 2. The lowest BCUT2D eigenvalue weighted by atomic mass is 10.1. The van der Waals surface area contributed by atoms with Crippen LogP contribution in [0.15, 0.2) is 54.6 Å². The number of urea groups is 1. The minimum atomic E-state index is -0.558. The molecule has 1 aromatic rings. The summed E-state index contributed by atoms with van der Waals surface area (Å²) in [5, 5.41) is 2.75. The van der Waals surface area contributed by atoms with E-state index < -0.39 is 6.03 Å². The fraction of sp³-hybridized carbons (Fsp3) is 0.263. The molecule has 1 aliphatic carbocycles. The van der Waals surface area contributed by atoms with E-state index in [1.54, 1.807) is 24.3 Å². The van der Waals surface area contributed by atoms with E-state index in [1.807, 2.05) is 26.0 Å². The molecule has 0 saturated heterocycles. The van der Waals surface area contributed by atoms with Crippen LogP contribution in [0.4, 0.5) is 10.5 Å². The molecule has 136 valence electrons. The van der Waals surface area contributed by atoms with Crippen molar-refractivity contribution in [3.63, 3.8) is 0 Å². The van der Waals surface area contributed by atoms with Crippen LogP contribution < -0.4 is 19.7 Å². The maximum Gasteiger partial charge on any atom is 0.332 e. The first-order valence-electron chi connectivity index (χ1n) is 8.27. The van der Waals surface area contributed by atoms with Crippen molar-refractivity contribution < 1.29 is 23.8 Å². The zero-order chi connectivity index (χ0) is 18.5. The van der Waals surface area contributed by atoms with Gasteiger partial charge in [0, 0.05) is 18.2 Å². The summed E-state index contributed by atoms with van der Waals surface area (Å²) in [5.41, 5.74) is 1.05. The smallest absolute Gasteiger partial charge is 0.332 e. The summed E-state index contributed by atoms with van der Waals surface area (Å²) in [5.74, 6) is 0.936. The van der Waals surface area contributed by atoms with Gasteiger partial charge in [0.1, 0.15) is 12.5 Å². The SMILES string of the molecule is CC(C)OC1C=CC=C(NC(=O)N(C=O)c2ccc3c(c2)OC=CO3)C1. The summed E-state index contributed by atoms with van der Waals surface area (Å²) in [6.07, 6.45) is 9.29. The maximum atomic E-state index is 12.5. The lowest BCUT2D eigenvalue weighted by Crippen LogP contribution is -2.39. The molecule has 7 nitrogen and oxygen atoms in total. The van der Waals surface area contributed by atoms with Gasteiger partial charge in [-0.25, -0.2) is 9.69 Å². The summed E-state index contributed by atoms with van der Waals surface area (Å²) >= 11 is 0. The topological polar surface area (TPSA) is 77.1 Å². The van der Waals surface area contributed by atoms with Crippen molar-refractivity contribution in [3.05, 3.63) is 54.6 Å². The third-order valence-corrected chi connectivity index (χ3v) is 3.73. The number of allylic oxidation sites excluding steroid dienone is 2. The average Bonchev–Trinajstić information content (AvgIpc) is 2.62. The number of carbonyl (C=O) groups is 2. The van der Waals surface area contributed by atoms with E-state index in [-0.39, 0.29) is 12.2 Å². The van der Waals surface area contributed by atoms with Gasteiger partial charge in [-0.15, -0.1) is 0 Å². The summed E-state index contributed by atoms with van der Waals surface area (Å²) in [6, 6.07) is 4.24. The van der Waals surface area contributed by atoms with Crippen molar-refractivity contribution in [2.24, 2.45) is 0 Å². The van der Waals surface area contributed by atoms with Gasteiger partial charge in [0.05, 0.1) is 17.9 Å². The van der Waals surface area contributed by atoms with Crippen LogP contribution in [0.5, 0.6) is 11.5 Å². The van der Waals surface area contributed by atoms with Gasteiger partial charge >= 0.3 is 6.03 Å². The lowest BCUT2D eigenvalue weighted by molar-refractivity contribution is -0.106. The second-order valence-corrected chi connectivity index (χ2v) is 6.05. The number of anilines is 1. The average molecular weight is 356 g/mol. The highest BCUT2D eigenvalue weighted by Crippen LogP contribution is 2.34. The van der Waals surface area contributed by atoms with Gasteiger partial charge in [-0.3, -0.25) is 4.79 Å². The molecule has 2 aliphatic rings. The van der Waals surface area contributed by atoms with Gasteiger partial charge in [0.25, 0.3) is 0 Å². The predicted octanol–water partition coefficient (Wildman–Crippen LogP) is 3.24. The van der Waals surface area contributed by atoms with Crippen LogP contribution in [-0.4, -0.2) is 24.6 Å². The number of rotatable bonds is 5. The Labute approximate surface area is 151 Å². The first-order chi connectivity index (χ1) is 12.6. The zero-order valence-corrected chi connectivity index (χ0v) is 14.5. The normalized spacial score (nSPS) is 17.7. The number of amides is 3. The van der Waals surface area contributed by atoms with E-state index in [9.17, 15) is 9.59 Å². The van der Waals surface area contributed by atoms with E-state index in [2.05, 4.69) is 5.32 Å². The molecule has 1 aliphatic heterocycles. The Morgan fingerprint density at radius 3 is 2.81 bits per heavy atom. The predicted molar refractivity (Wildman–Crippen MR) is 95.8 cm³/mol. The second-order valence-electron chi connectivity index (χ2n) is 6.05. The summed E-state index contributed by atoms with van der Waals surface area (Å²) in [7, 11) is 0. The number of imide groups is 1. The highest BCUT2D eigenvalue weighted by atomic mass is 16.5. The molecular formula is C19H20N2O5. The number of nitrogens with one attached hydrogen (secondary N) is 1. The van der Waals surface area contributed by atoms with Crippen LogP contribution >= 0.6 is 0 Å². The number of hydrogen-bond donors (Lipinski definition) is 1. The molecule has 0 bridgehead atoms. The summed E-state index contributed by atoms with van der Waals surface area (Å²) in [4.78, 5) is 25.0. The number of benzene rings is 1. The van der Waals surface area contributed by atoms with Crippen molar-refractivity contribution in [1.29, 1.82) is 0 Å². The van der Waals surface area contributed by atoms with E-state index >= 15 is 0 Å². The van der Waals surface area contributed by atoms with E-state index in [0.29, 0.717) is 35.7 Å². The van der Waals surface area contributed by atoms with Gasteiger partial charge < -0.3 is 19.5 Å². The van der Waals surface area contributed by atoms with E-state index in [1.165, 1.54) is 12.5 Å². The molecule has 0 aromatic heterocycles. The fourth-order valence-electron chi connectivity index (χ4n) is 2.65. The molecule has 7 heteroatoms. The molecule has 0 saturated carbocycles. The van der Waals surface area contributed by atoms with Gasteiger partial charge in [-0.2, -0.15) is 0 Å². The minimum Gasteiger partial charge on any atom is -0.458 e. The van der Waals surface area contributed by atoms with Crippen LogP contribution in [0.25, 0.3) is 0 Å². The molecular weight excluding hydrogens is 336 g/mol. The van der Waals surface area contributed by atoms with Crippen molar-refractivity contribution in [1.82, 2.24) is 5.32 Å². The summed E-state index contributed by atoms with van der Waals surface area (Å²) in [6.45, 7) is 3.91. The molecule has 3 amide bonds. The van der Waals surface area contributed by atoms with Crippen LogP contribution in [0.3, 0.4) is 0 Å². The molecule has 1 heterocycles. The Kier molecular flexibility index (Phi) is 5.38. The molecule has 0 fully saturated rings. The van der Waals surface area contributed by atoms with E-state index in [0.717, 1.165) is 4.90 Å². The zero-order valence-electron chi connectivity index (χ0n) is 14.5. The quantitative estimate of drug-likeness (QED) is 0.820. The Morgan fingerprint density at radius 2 is 2.08 bits per heavy atom. The maximum absolute atomic E-state index is 12.5. The number of hydrogen-bond acceptors (Lipinski definition) is 5. The minimum absolute atomic E-state index is 0.0814. The van der Waals surface area contributed by atoms with Gasteiger partial charge in [-0.05, 0) is 32.1 Å². The van der Waals surface area contributed by atoms with Crippen LogP contribution in [0, 0.1) is 0 Å². The van der Waals surface area contributed by atoms with Crippen molar-refractivity contribution in [2.75, 3.05) is 4.90 Å². The van der Waals surface area contributed by atoms with Gasteiger partial charge in [0.2, 0.25) is 6.41 Å². The highest BCUT2D eigenvalue weighted by Gasteiger charge is 2.21. The van der Waals surface area contributed by atoms with Crippen molar-refractivity contribution >= 4 is 18.1 Å². The first kappa shape index (κ1) is 17.8. The number of ether oxygens (including phenoxy) is 3. The number of nitrogens with zero attached hydrogens (tertiary/aromatic N) is 1. The third kappa shape index (κ3) is 4.12. The second kappa shape index (κ2) is 7.88. The molecule has 26 heavy (non-hydrogen) atoms. The van der Waals surface area contributed by atoms with Gasteiger partial charge in [-0.1, -0.05) is 12.2 Å². The Bertz CT molecular complexity index is 782. The third-order valence-electron chi connectivity index (χ3n) is 3.73. The number of fused-ring (bicyclic) bond motifs is 1. The largest absolute Gasteiger partial charge is 0.458 e. The van der Waals surface area contributed by atoms with E-state index in [4.69, 9.17) is 14.2 Å². The lowest BCUT2D eigenvalue weighted by Gasteiger charge is -2.24. The van der Waals surface area contributed by atoms with Crippen molar-refractivity contribution in [2.45, 2.75) is 32.5 Å². The Hall–Kier alpha value is -3.06. The molecule has 1 aromatic carbocycles. The molecule has 1 atom stereocenters. The van der Waals surface area contributed by atoms with Crippen LogP contribution in [0.1, 0.15) is 20.3 Å². The monoisotopic (exact) mass is 356 g/mol. The van der Waals surface area contributed by atoms with Crippen molar-refractivity contribution in [3.8, 4) is 11.5 Å². The van der Waals surface area contributed by atoms with Crippen LogP contribution in [0.2, 0.25) is 0 Å². The first-order valence-corrected chi connectivity index (χ1v) is 8.27. The molecule has 1 N–H and O–H groups in total. The molecule has 1 unspecified atom stereocenters.